The fourth-order valence-electron chi connectivity index (χ4n) is 1.86. The predicted octanol–water partition coefficient (Wildman–Crippen LogP) is 3.21. The van der Waals surface area contributed by atoms with Crippen LogP contribution in [0.5, 0.6) is 0 Å². The Morgan fingerprint density at radius 2 is 1.82 bits per heavy atom. The zero-order valence-corrected chi connectivity index (χ0v) is 12.6. The molecule has 0 aromatic heterocycles. The van der Waals surface area contributed by atoms with E-state index in [4.69, 9.17) is 16.7 Å². The summed E-state index contributed by atoms with van der Waals surface area (Å²) in [5, 5.41) is 14.7. The number of rotatable bonds is 5. The van der Waals surface area contributed by atoms with Crippen LogP contribution in [0, 0.1) is 6.92 Å². The molecule has 0 radical (unpaired) electrons. The molecule has 0 atom stereocenters. The first-order valence-corrected chi connectivity index (χ1v) is 6.97. The van der Waals surface area contributed by atoms with Crippen molar-refractivity contribution in [2.75, 3.05) is 11.9 Å². The maximum Gasteiger partial charge on any atom is 0.322 e. The van der Waals surface area contributed by atoms with Gasteiger partial charge in [0.15, 0.2) is 0 Å². The van der Waals surface area contributed by atoms with Gasteiger partial charge in [-0.2, -0.15) is 0 Å². The monoisotopic (exact) mass is 318 g/mol. The van der Waals surface area contributed by atoms with Crippen molar-refractivity contribution in [2.45, 2.75) is 6.92 Å². The van der Waals surface area contributed by atoms with Gasteiger partial charge in [0.2, 0.25) is 0 Å². The van der Waals surface area contributed by atoms with Gasteiger partial charge in [-0.05, 0) is 48.9 Å². The molecule has 2 rings (SSSR count). The molecule has 6 heteroatoms. The average Bonchev–Trinajstić information content (AvgIpc) is 2.50. The first kappa shape index (κ1) is 15.9. The number of benzene rings is 2. The van der Waals surface area contributed by atoms with E-state index in [1.807, 2.05) is 25.1 Å². The van der Waals surface area contributed by atoms with Crippen molar-refractivity contribution in [3.05, 3.63) is 58.6 Å². The minimum Gasteiger partial charge on any atom is -0.480 e. The molecule has 0 aliphatic heterocycles. The van der Waals surface area contributed by atoms with Gasteiger partial charge < -0.3 is 15.7 Å². The second kappa shape index (κ2) is 6.95. The second-order valence-corrected chi connectivity index (χ2v) is 5.10. The molecule has 0 heterocycles. The van der Waals surface area contributed by atoms with E-state index in [9.17, 15) is 9.59 Å². The maximum atomic E-state index is 11.7. The Labute approximate surface area is 132 Å². The normalized spacial score (nSPS) is 10.1. The molecular weight excluding hydrogens is 304 g/mol. The highest BCUT2D eigenvalue weighted by molar-refractivity contribution is 6.31. The summed E-state index contributed by atoms with van der Waals surface area (Å²) in [5.74, 6) is -1.50. The van der Waals surface area contributed by atoms with E-state index in [2.05, 4.69) is 10.6 Å². The molecule has 114 valence electrons. The molecule has 0 aliphatic rings. The van der Waals surface area contributed by atoms with Crippen LogP contribution < -0.4 is 10.6 Å². The molecule has 0 saturated carbocycles. The summed E-state index contributed by atoms with van der Waals surface area (Å²) in [5.41, 5.74) is 3.03. The van der Waals surface area contributed by atoms with Crippen molar-refractivity contribution in [3.63, 3.8) is 0 Å². The summed E-state index contributed by atoms with van der Waals surface area (Å²) in [4.78, 5) is 22.1. The Morgan fingerprint density at radius 3 is 2.45 bits per heavy atom. The Balaban J connectivity index is 2.07. The lowest BCUT2D eigenvalue weighted by molar-refractivity contribution is -0.135. The van der Waals surface area contributed by atoms with E-state index in [0.717, 1.165) is 16.9 Å². The van der Waals surface area contributed by atoms with E-state index in [-0.39, 0.29) is 0 Å². The molecule has 3 N–H and O–H groups in total. The molecule has 0 unspecified atom stereocenters. The lowest BCUT2D eigenvalue weighted by atomic mass is 10.1. The standard InChI is InChI=1S/C16H15ClN2O3/c1-10-13(17)3-2-4-14(10)19-12-7-5-11(6-8-12)16(22)18-9-15(20)21/h2-8,19H,9H2,1H3,(H,18,22)(H,20,21). The molecule has 22 heavy (non-hydrogen) atoms. The Kier molecular flexibility index (Phi) is 5.01. The lowest BCUT2D eigenvalue weighted by Gasteiger charge is -2.11. The highest BCUT2D eigenvalue weighted by Crippen LogP contribution is 2.26. The molecule has 2 aromatic rings. The van der Waals surface area contributed by atoms with Crippen LogP contribution in [0.1, 0.15) is 15.9 Å². The molecule has 0 bridgehead atoms. The van der Waals surface area contributed by atoms with Gasteiger partial charge in [-0.15, -0.1) is 0 Å². The molecular formula is C16H15ClN2O3. The SMILES string of the molecule is Cc1c(Cl)cccc1Nc1ccc(C(=O)NCC(=O)O)cc1. The zero-order valence-electron chi connectivity index (χ0n) is 11.9. The molecule has 5 nitrogen and oxygen atoms in total. The molecule has 1 amide bonds. The summed E-state index contributed by atoms with van der Waals surface area (Å²) in [6, 6.07) is 12.3. The summed E-state index contributed by atoms with van der Waals surface area (Å²) in [6.07, 6.45) is 0. The molecule has 0 aliphatic carbocycles. The Bertz CT molecular complexity index is 699. The number of nitrogens with one attached hydrogen (secondary N) is 2. The number of amides is 1. The van der Waals surface area contributed by atoms with Gasteiger partial charge in [0.05, 0.1) is 0 Å². The van der Waals surface area contributed by atoms with E-state index < -0.39 is 18.4 Å². The van der Waals surface area contributed by atoms with Crippen molar-refractivity contribution in [3.8, 4) is 0 Å². The zero-order chi connectivity index (χ0) is 16.1. The van der Waals surface area contributed by atoms with Crippen LogP contribution in [0.2, 0.25) is 5.02 Å². The van der Waals surface area contributed by atoms with E-state index in [1.54, 1.807) is 24.3 Å². The number of anilines is 2. The third-order valence-electron chi connectivity index (χ3n) is 3.09. The van der Waals surface area contributed by atoms with Gasteiger partial charge in [0.1, 0.15) is 6.54 Å². The first-order valence-electron chi connectivity index (χ1n) is 6.59. The van der Waals surface area contributed by atoms with Gasteiger partial charge in [0.25, 0.3) is 5.91 Å². The number of aliphatic carboxylic acids is 1. The van der Waals surface area contributed by atoms with Gasteiger partial charge in [-0.1, -0.05) is 17.7 Å². The van der Waals surface area contributed by atoms with Crippen LogP contribution in [0.4, 0.5) is 11.4 Å². The second-order valence-electron chi connectivity index (χ2n) is 4.69. The van der Waals surface area contributed by atoms with E-state index in [1.165, 1.54) is 0 Å². The number of carboxylic acid groups (broad SMARTS) is 1. The first-order chi connectivity index (χ1) is 10.5. The van der Waals surface area contributed by atoms with E-state index >= 15 is 0 Å². The minimum absolute atomic E-state index is 0.398. The minimum atomic E-state index is -1.08. The third-order valence-corrected chi connectivity index (χ3v) is 3.50. The fourth-order valence-corrected chi connectivity index (χ4v) is 2.04. The van der Waals surface area contributed by atoms with Gasteiger partial charge in [-0.25, -0.2) is 0 Å². The summed E-state index contributed by atoms with van der Waals surface area (Å²) in [7, 11) is 0. The van der Waals surface area contributed by atoms with Crippen molar-refractivity contribution in [2.24, 2.45) is 0 Å². The maximum absolute atomic E-state index is 11.7. The quantitative estimate of drug-likeness (QED) is 0.791. The van der Waals surface area contributed by atoms with Crippen molar-refractivity contribution < 1.29 is 14.7 Å². The number of halogens is 1. The van der Waals surface area contributed by atoms with Crippen LogP contribution in [0.25, 0.3) is 0 Å². The number of hydrogen-bond acceptors (Lipinski definition) is 3. The Morgan fingerprint density at radius 1 is 1.14 bits per heavy atom. The predicted molar refractivity (Wildman–Crippen MR) is 85.9 cm³/mol. The van der Waals surface area contributed by atoms with Crippen LogP contribution in [0.3, 0.4) is 0 Å². The highest BCUT2D eigenvalue weighted by atomic mass is 35.5. The fraction of sp³-hybridized carbons (Fsp3) is 0.125. The van der Waals surface area contributed by atoms with Crippen molar-refractivity contribution in [1.29, 1.82) is 0 Å². The number of carboxylic acids is 1. The van der Waals surface area contributed by atoms with E-state index in [0.29, 0.717) is 10.6 Å². The largest absolute Gasteiger partial charge is 0.480 e. The van der Waals surface area contributed by atoms with Crippen LogP contribution in [-0.2, 0) is 4.79 Å². The highest BCUT2D eigenvalue weighted by Gasteiger charge is 2.07. The van der Waals surface area contributed by atoms with Crippen molar-refractivity contribution in [1.82, 2.24) is 5.32 Å². The van der Waals surface area contributed by atoms with Crippen LogP contribution in [-0.4, -0.2) is 23.5 Å². The van der Waals surface area contributed by atoms with Gasteiger partial charge in [-0.3, -0.25) is 9.59 Å². The molecule has 0 fully saturated rings. The number of carbonyl (C=O) groups is 2. The van der Waals surface area contributed by atoms with Crippen LogP contribution in [0.15, 0.2) is 42.5 Å². The molecule has 2 aromatic carbocycles. The van der Waals surface area contributed by atoms with Gasteiger partial charge in [0, 0.05) is 22.0 Å². The lowest BCUT2D eigenvalue weighted by Crippen LogP contribution is -2.29. The molecule has 0 spiro atoms. The summed E-state index contributed by atoms with van der Waals surface area (Å²) < 4.78 is 0. The Hall–Kier alpha value is -2.53. The molecule has 0 saturated heterocycles. The van der Waals surface area contributed by atoms with Gasteiger partial charge >= 0.3 is 5.97 Å². The summed E-state index contributed by atoms with van der Waals surface area (Å²) >= 11 is 6.07. The summed E-state index contributed by atoms with van der Waals surface area (Å²) in [6.45, 7) is 1.51. The van der Waals surface area contributed by atoms with Crippen LogP contribution >= 0.6 is 11.6 Å². The number of carbonyl (C=O) groups excluding carboxylic acids is 1. The average molecular weight is 319 g/mol. The topological polar surface area (TPSA) is 78.4 Å². The third kappa shape index (κ3) is 3.99. The van der Waals surface area contributed by atoms with Crippen molar-refractivity contribution >= 4 is 34.9 Å². The smallest absolute Gasteiger partial charge is 0.322 e. The number of hydrogen-bond donors (Lipinski definition) is 3.